The van der Waals surface area contributed by atoms with E-state index in [9.17, 15) is 13.2 Å². The molecule has 2 N–H and O–H groups in total. The van der Waals surface area contributed by atoms with Gasteiger partial charge in [0, 0.05) is 4.90 Å². The highest BCUT2D eigenvalue weighted by Crippen LogP contribution is 2.43. The van der Waals surface area contributed by atoms with Crippen LogP contribution in [0.5, 0.6) is 0 Å². The molecule has 0 aliphatic rings. The van der Waals surface area contributed by atoms with Crippen LogP contribution in [0.3, 0.4) is 0 Å². The minimum Gasteiger partial charge on any atom is -0.330 e. The van der Waals surface area contributed by atoms with Crippen LogP contribution in [0.25, 0.3) is 0 Å². The first-order chi connectivity index (χ1) is 9.61. The zero-order chi connectivity index (χ0) is 16.3. The van der Waals surface area contributed by atoms with Crippen molar-refractivity contribution in [2.75, 3.05) is 12.8 Å². The molecule has 1 aromatic carbocycles. The largest absolute Gasteiger partial charge is 0.417 e. The predicted molar refractivity (Wildman–Crippen MR) is 83.9 cm³/mol. The molecule has 0 aliphatic heterocycles. The molecule has 0 unspecified atom stereocenters. The van der Waals surface area contributed by atoms with Gasteiger partial charge in [-0.3, -0.25) is 0 Å². The zero-order valence-electron chi connectivity index (χ0n) is 13.1. The number of unbranched alkanes of at least 4 members (excludes halogenated alkanes) is 1. The molecule has 0 radical (unpaired) electrons. The Morgan fingerprint density at radius 3 is 2.14 bits per heavy atom. The molecule has 0 aliphatic carbocycles. The van der Waals surface area contributed by atoms with Crippen LogP contribution < -0.4 is 5.73 Å². The molecule has 0 bridgehead atoms. The van der Waals surface area contributed by atoms with Gasteiger partial charge in [0.1, 0.15) is 0 Å². The fraction of sp³-hybridized carbons (Fsp3) is 0.625. The van der Waals surface area contributed by atoms with Crippen LogP contribution in [-0.4, -0.2) is 12.8 Å². The van der Waals surface area contributed by atoms with Crippen LogP contribution in [0, 0.1) is 0 Å². The van der Waals surface area contributed by atoms with E-state index in [4.69, 9.17) is 5.73 Å². The molecular weight excluding hydrogens is 295 g/mol. The smallest absolute Gasteiger partial charge is 0.330 e. The van der Waals surface area contributed by atoms with E-state index < -0.39 is 17.2 Å². The molecule has 0 atom stereocenters. The molecule has 0 saturated carbocycles. The number of alkyl halides is 3. The van der Waals surface area contributed by atoms with Crippen molar-refractivity contribution in [2.24, 2.45) is 5.73 Å². The minimum absolute atomic E-state index is 0.317. The standard InChI is InChI=1S/C16H24F3NS/c1-15(2,3)12-9-11(7-5-6-8-20)10-13(21-4)14(12)16(17,18)19/h9-10H,5-8,20H2,1-4H3. The third-order valence-electron chi connectivity index (χ3n) is 3.39. The summed E-state index contributed by atoms with van der Waals surface area (Å²) in [5, 5.41) is 0. The first kappa shape index (κ1) is 18.4. The number of thioether (sulfide) groups is 1. The molecule has 0 spiro atoms. The van der Waals surface area contributed by atoms with E-state index in [1.54, 1.807) is 18.4 Å². The number of hydrogen-bond acceptors (Lipinski definition) is 2. The number of hydrogen-bond donors (Lipinski definition) is 1. The Balaban J connectivity index is 3.37. The van der Waals surface area contributed by atoms with Gasteiger partial charge in [0.05, 0.1) is 5.56 Å². The molecular formula is C16H24F3NS. The number of halogens is 3. The molecule has 120 valence electrons. The monoisotopic (exact) mass is 319 g/mol. The number of benzene rings is 1. The average Bonchev–Trinajstić information content (AvgIpc) is 2.35. The van der Waals surface area contributed by atoms with Crippen LogP contribution in [0.1, 0.15) is 50.3 Å². The fourth-order valence-corrected chi connectivity index (χ4v) is 3.03. The van der Waals surface area contributed by atoms with Crippen LogP contribution in [0.15, 0.2) is 17.0 Å². The maximum absolute atomic E-state index is 13.4. The summed E-state index contributed by atoms with van der Waals surface area (Å²) < 4.78 is 40.3. The van der Waals surface area contributed by atoms with Gasteiger partial charge >= 0.3 is 6.18 Å². The second-order valence-corrected chi connectivity index (χ2v) is 7.06. The third kappa shape index (κ3) is 4.92. The summed E-state index contributed by atoms with van der Waals surface area (Å²) in [6, 6.07) is 3.40. The summed E-state index contributed by atoms with van der Waals surface area (Å²) in [6.45, 7) is 6.09. The Kier molecular flexibility index (Phi) is 6.17. The first-order valence-electron chi connectivity index (χ1n) is 7.10. The zero-order valence-corrected chi connectivity index (χ0v) is 13.9. The van der Waals surface area contributed by atoms with Crippen LogP contribution >= 0.6 is 11.8 Å². The lowest BCUT2D eigenvalue weighted by Gasteiger charge is -2.27. The van der Waals surface area contributed by atoms with Gasteiger partial charge in [0.25, 0.3) is 0 Å². The molecule has 5 heteroatoms. The normalized spacial score (nSPS) is 12.8. The molecule has 0 heterocycles. The number of nitrogens with two attached hydrogens (primary N) is 1. The Labute approximate surface area is 129 Å². The summed E-state index contributed by atoms with van der Waals surface area (Å²) in [5.74, 6) is 0. The Hall–Kier alpha value is -0.680. The van der Waals surface area contributed by atoms with E-state index in [-0.39, 0.29) is 0 Å². The molecule has 1 aromatic rings. The Morgan fingerprint density at radius 1 is 1.10 bits per heavy atom. The van der Waals surface area contributed by atoms with Gasteiger partial charge in [0.2, 0.25) is 0 Å². The lowest BCUT2D eigenvalue weighted by molar-refractivity contribution is -0.140. The van der Waals surface area contributed by atoms with Crippen molar-refractivity contribution in [1.82, 2.24) is 0 Å². The Morgan fingerprint density at radius 2 is 1.71 bits per heavy atom. The SMILES string of the molecule is CSc1cc(CCCCN)cc(C(C)(C)C)c1C(F)(F)F. The van der Waals surface area contributed by atoms with E-state index in [0.29, 0.717) is 17.0 Å². The van der Waals surface area contributed by atoms with Crippen molar-refractivity contribution in [3.63, 3.8) is 0 Å². The lowest BCUT2D eigenvalue weighted by atomic mass is 9.82. The van der Waals surface area contributed by atoms with Gasteiger partial charge in [-0.1, -0.05) is 26.8 Å². The summed E-state index contributed by atoms with van der Waals surface area (Å²) in [6.07, 6.45) is -0.0663. The quantitative estimate of drug-likeness (QED) is 0.610. The number of rotatable bonds is 5. The topological polar surface area (TPSA) is 26.0 Å². The van der Waals surface area contributed by atoms with Gasteiger partial charge in [-0.05, 0) is 54.7 Å². The van der Waals surface area contributed by atoms with E-state index in [0.717, 1.165) is 36.6 Å². The molecule has 1 rings (SSSR count). The highest BCUT2D eigenvalue weighted by molar-refractivity contribution is 7.98. The Bertz CT molecular complexity index is 476. The van der Waals surface area contributed by atoms with Crippen molar-refractivity contribution in [3.8, 4) is 0 Å². The molecule has 0 saturated heterocycles. The fourth-order valence-electron chi connectivity index (χ4n) is 2.34. The first-order valence-corrected chi connectivity index (χ1v) is 8.32. The maximum atomic E-state index is 13.4. The second kappa shape index (κ2) is 7.05. The molecule has 21 heavy (non-hydrogen) atoms. The van der Waals surface area contributed by atoms with Gasteiger partial charge in [-0.2, -0.15) is 13.2 Å². The van der Waals surface area contributed by atoms with E-state index in [2.05, 4.69) is 0 Å². The van der Waals surface area contributed by atoms with Crippen LogP contribution in [0.2, 0.25) is 0 Å². The lowest BCUT2D eigenvalue weighted by Crippen LogP contribution is -2.21. The summed E-state index contributed by atoms with van der Waals surface area (Å²) >= 11 is 1.16. The van der Waals surface area contributed by atoms with E-state index in [1.807, 2.05) is 20.8 Å². The summed E-state index contributed by atoms with van der Waals surface area (Å²) in [7, 11) is 0. The highest BCUT2D eigenvalue weighted by atomic mass is 32.2. The summed E-state index contributed by atoms with van der Waals surface area (Å²) in [5.41, 5.74) is 5.80. The van der Waals surface area contributed by atoms with E-state index >= 15 is 0 Å². The molecule has 1 nitrogen and oxygen atoms in total. The van der Waals surface area contributed by atoms with Crippen molar-refractivity contribution in [1.29, 1.82) is 0 Å². The second-order valence-electron chi connectivity index (χ2n) is 6.21. The molecule has 0 aromatic heterocycles. The van der Waals surface area contributed by atoms with Gasteiger partial charge in [-0.25, -0.2) is 0 Å². The van der Waals surface area contributed by atoms with Crippen molar-refractivity contribution in [3.05, 3.63) is 28.8 Å². The predicted octanol–water partition coefficient (Wildman–Crippen LogP) is 5.01. The van der Waals surface area contributed by atoms with Gasteiger partial charge in [-0.15, -0.1) is 11.8 Å². The molecule has 0 fully saturated rings. The van der Waals surface area contributed by atoms with Crippen molar-refractivity contribution >= 4 is 11.8 Å². The van der Waals surface area contributed by atoms with Crippen molar-refractivity contribution < 1.29 is 13.2 Å². The highest BCUT2D eigenvalue weighted by Gasteiger charge is 2.39. The van der Waals surface area contributed by atoms with Gasteiger partial charge < -0.3 is 5.73 Å². The van der Waals surface area contributed by atoms with E-state index in [1.165, 1.54) is 0 Å². The van der Waals surface area contributed by atoms with Crippen LogP contribution in [-0.2, 0) is 18.0 Å². The summed E-state index contributed by atoms with van der Waals surface area (Å²) in [4.78, 5) is 0.317. The molecule has 0 amide bonds. The third-order valence-corrected chi connectivity index (χ3v) is 4.15. The number of aryl methyl sites for hydroxylation is 1. The minimum atomic E-state index is -4.32. The van der Waals surface area contributed by atoms with Crippen molar-refractivity contribution in [2.45, 2.75) is 56.5 Å². The maximum Gasteiger partial charge on any atom is 0.417 e. The van der Waals surface area contributed by atoms with Crippen LogP contribution in [0.4, 0.5) is 13.2 Å². The average molecular weight is 319 g/mol. The van der Waals surface area contributed by atoms with Gasteiger partial charge in [0.15, 0.2) is 0 Å².